The Kier molecular flexibility index (Phi) is 24.8. The van der Waals surface area contributed by atoms with Gasteiger partial charge in [-0.1, -0.05) is 54.3 Å². The number of carbonyl (C=O) groups excluding carboxylic acids is 7. The van der Waals surface area contributed by atoms with Crippen molar-refractivity contribution >= 4 is 77.9 Å². The van der Waals surface area contributed by atoms with Crippen molar-refractivity contribution in [3.63, 3.8) is 0 Å². The van der Waals surface area contributed by atoms with Crippen LogP contribution in [0.15, 0.2) is 83.1 Å². The fourth-order valence-corrected chi connectivity index (χ4v) is 12.8. The van der Waals surface area contributed by atoms with Crippen LogP contribution in [0.1, 0.15) is 124 Å². The van der Waals surface area contributed by atoms with Gasteiger partial charge in [0.15, 0.2) is 11.6 Å². The monoisotopic (exact) mass is 1350 g/mol. The van der Waals surface area contributed by atoms with E-state index in [9.17, 15) is 55.2 Å². The highest BCUT2D eigenvalue weighted by molar-refractivity contribution is 7.90. The Bertz CT molecular complexity index is 4190. The number of pyridine rings is 2. The first kappa shape index (κ1) is 71.7. The second-order valence-corrected chi connectivity index (χ2v) is 27.2. The molecule has 0 saturated carbocycles. The normalized spacial score (nSPS) is 14.5. The Morgan fingerprint density at radius 1 is 0.874 bits per heavy atom. The highest BCUT2D eigenvalue weighted by Crippen LogP contribution is 2.42. The van der Waals surface area contributed by atoms with Gasteiger partial charge in [-0.25, -0.2) is 50.9 Å². The molecule has 4 aromatic heterocycles. The number of amides is 3. The molecule has 0 saturated heterocycles. The van der Waals surface area contributed by atoms with E-state index in [1.807, 2.05) is 24.3 Å². The molecule has 0 radical (unpaired) electrons. The van der Waals surface area contributed by atoms with Crippen molar-refractivity contribution in [1.29, 1.82) is 0 Å². The number of sulfonamides is 1. The number of para-hydroxylation sites is 1. The van der Waals surface area contributed by atoms with Crippen LogP contribution in [-0.2, 0) is 112 Å². The summed E-state index contributed by atoms with van der Waals surface area (Å²) in [6.07, 6.45) is 8.44. The lowest BCUT2D eigenvalue weighted by Gasteiger charge is -2.35. The maximum Gasteiger partial charge on any atom is 0.510 e. The van der Waals surface area contributed by atoms with Gasteiger partial charge in [-0.15, -0.1) is 5.10 Å². The van der Waals surface area contributed by atoms with E-state index < -0.39 is 73.4 Å². The minimum absolute atomic E-state index is 0.0601. The number of rotatable bonds is 35. The molecular formula is C65H77N11O17S2. The number of unbranched alkanes of at least 4 members (excludes halogenated alkanes) is 1. The van der Waals surface area contributed by atoms with Crippen LogP contribution in [0.2, 0.25) is 0 Å². The highest BCUT2D eigenvalue weighted by atomic mass is 32.2. The van der Waals surface area contributed by atoms with Gasteiger partial charge in [0.25, 0.3) is 5.56 Å². The van der Waals surface area contributed by atoms with Crippen LogP contribution in [0.4, 0.5) is 15.3 Å². The standard InChI is InChI=1S/C65H77N11O17S2/c1-6-65(55-33-57-58-53(37-75(57)60(81)54(55)41-91-61(65)82)51(52-18-10-11-19-56(52)71-58)26-28-76(42(2)3)95(5,87)88)93-64(84)92-38-43-20-22-46(23-21-43)70-59(80)45(15-12-27-67-62(66)83)32-50(79)40-90-39-49(78)17-13-30-89-31-29-74-36-47(72-73-74)24-25-48(77)16-9-7-8-14-44-34-68-63(69-35-44)94(4,85)86/h10-11,18-23,33-36,42,45H,6-7,9,12-13,15-17,24-32,37-41H2,1-5H3,(H,70,80)(H3,66,67,83)/t45-,65+/m1/s1. The van der Waals surface area contributed by atoms with E-state index >= 15 is 0 Å². The van der Waals surface area contributed by atoms with Gasteiger partial charge in [0.2, 0.25) is 36.5 Å². The Morgan fingerprint density at radius 3 is 2.33 bits per heavy atom. The summed E-state index contributed by atoms with van der Waals surface area (Å²) in [5, 5.41) is 14.0. The lowest BCUT2D eigenvalue weighted by Crippen LogP contribution is -2.47. The van der Waals surface area contributed by atoms with E-state index in [1.54, 1.807) is 62.0 Å². The van der Waals surface area contributed by atoms with Crippen LogP contribution in [0.25, 0.3) is 22.3 Å². The third kappa shape index (κ3) is 19.5. The number of anilines is 1. The number of aryl methyl sites for hydroxylation is 1. The number of primary amides is 1. The van der Waals surface area contributed by atoms with Gasteiger partial charge >= 0.3 is 18.2 Å². The number of urea groups is 1. The molecule has 0 spiro atoms. The van der Waals surface area contributed by atoms with Gasteiger partial charge in [0.1, 0.15) is 32.2 Å². The summed E-state index contributed by atoms with van der Waals surface area (Å²) in [5.41, 5.74) is 7.86. The molecule has 0 unspecified atom stereocenters. The maximum atomic E-state index is 14.4. The van der Waals surface area contributed by atoms with Crippen LogP contribution in [-0.4, -0.2) is 155 Å². The van der Waals surface area contributed by atoms with Crippen molar-refractivity contribution in [1.82, 2.24) is 44.1 Å². The number of hydrogen-bond donors (Lipinski definition) is 3. The first-order valence-electron chi connectivity index (χ1n) is 31.0. The molecule has 4 N–H and O–H groups in total. The molecule has 6 aromatic rings. The van der Waals surface area contributed by atoms with Crippen molar-refractivity contribution in [3.05, 3.63) is 123 Å². The maximum absolute atomic E-state index is 14.4. The number of fused-ring (bicyclic) bond motifs is 5. The summed E-state index contributed by atoms with van der Waals surface area (Å²) in [7, 11) is -7.05. The zero-order valence-corrected chi connectivity index (χ0v) is 55.2. The summed E-state index contributed by atoms with van der Waals surface area (Å²) < 4.78 is 81.1. The van der Waals surface area contributed by atoms with E-state index in [1.165, 1.54) is 27.5 Å². The molecule has 0 fully saturated rings. The van der Waals surface area contributed by atoms with E-state index in [4.69, 9.17) is 34.4 Å². The average Bonchev–Trinajstić information content (AvgIpc) is 1.70. The minimum atomic E-state index is -3.55. The van der Waals surface area contributed by atoms with Crippen molar-refractivity contribution in [2.45, 2.75) is 141 Å². The van der Waals surface area contributed by atoms with Gasteiger partial charge in [-0.3, -0.25) is 24.0 Å². The first-order valence-corrected chi connectivity index (χ1v) is 34.8. The molecule has 3 amide bonds. The highest BCUT2D eigenvalue weighted by Gasteiger charge is 2.51. The zero-order chi connectivity index (χ0) is 68.5. The predicted octanol–water partition coefficient (Wildman–Crippen LogP) is 5.21. The molecule has 506 valence electrons. The van der Waals surface area contributed by atoms with Gasteiger partial charge in [0.05, 0.1) is 59.7 Å². The number of Topliss-reactive ketones (excluding diaryl/α,β-unsaturated/α-hetero) is 3. The number of nitrogens with zero attached hydrogens (tertiary/aromatic N) is 8. The zero-order valence-electron chi connectivity index (χ0n) is 53.6. The second-order valence-electron chi connectivity index (χ2n) is 23.4. The van der Waals surface area contributed by atoms with Gasteiger partial charge in [0, 0.05) is 111 Å². The molecule has 0 aliphatic carbocycles. The molecule has 2 aromatic carbocycles. The number of nitrogens with two attached hydrogens (primary N) is 1. The van der Waals surface area contributed by atoms with Crippen molar-refractivity contribution in [2.24, 2.45) is 11.7 Å². The summed E-state index contributed by atoms with van der Waals surface area (Å²) in [4.78, 5) is 118. The number of ketones is 3. The van der Waals surface area contributed by atoms with Gasteiger partial charge in [-0.2, -0.15) is 4.31 Å². The average molecular weight is 1350 g/mol. The molecule has 2 atom stereocenters. The van der Waals surface area contributed by atoms with Crippen molar-refractivity contribution in [2.75, 3.05) is 57.3 Å². The number of aromatic nitrogens is 7. The van der Waals surface area contributed by atoms with Crippen LogP contribution >= 0.6 is 0 Å². The number of carbonyl (C=O) groups is 7. The Balaban J connectivity index is 0.760. The SMILES string of the molecule is CC[C@@]1(OC(=O)OCc2ccc(NC(=O)[C@H](CCCNC(N)=O)CC(=O)COCC(=O)CCCOCCn3cc(CCC(=O)CCCC#Cc4cnc(S(C)(=O)=O)nc4)nn3)cc2)C(=O)OCc2c1cc1n(c2=O)Cc2c-1nc1ccccc1c2CCN(C(C)C)S(C)(=O)=O. The lowest BCUT2D eigenvalue weighted by molar-refractivity contribution is -0.175. The topological polar surface area (TPSA) is 379 Å². The molecule has 2 aliphatic heterocycles. The lowest BCUT2D eigenvalue weighted by atomic mass is 9.85. The second kappa shape index (κ2) is 32.8. The molecule has 30 heteroatoms. The Labute approximate surface area is 549 Å². The molecule has 6 heterocycles. The Morgan fingerprint density at radius 2 is 1.61 bits per heavy atom. The first-order chi connectivity index (χ1) is 45.3. The van der Waals surface area contributed by atoms with E-state index in [0.29, 0.717) is 104 Å². The fraction of sp³-hybridized carbons (Fsp3) is 0.462. The van der Waals surface area contributed by atoms with Crippen LogP contribution in [0, 0.1) is 17.8 Å². The molecule has 2 aliphatic rings. The number of nitrogens with one attached hydrogen (secondary N) is 2. The van der Waals surface area contributed by atoms with Crippen molar-refractivity contribution in [3.8, 4) is 23.2 Å². The number of sulfone groups is 1. The van der Waals surface area contributed by atoms with E-state index in [2.05, 4.69) is 42.8 Å². The third-order valence-electron chi connectivity index (χ3n) is 15.9. The van der Waals surface area contributed by atoms with Crippen LogP contribution < -0.4 is 21.9 Å². The number of cyclic esters (lactones) is 1. The molecular weight excluding hydrogens is 1270 g/mol. The number of ether oxygens (including phenoxy) is 5. The van der Waals surface area contributed by atoms with Gasteiger partial charge in [-0.05, 0) is 94.2 Å². The largest absolute Gasteiger partial charge is 0.510 e. The summed E-state index contributed by atoms with van der Waals surface area (Å²) in [5.74, 6) is 2.89. The predicted molar refractivity (Wildman–Crippen MR) is 344 cm³/mol. The third-order valence-corrected chi connectivity index (χ3v) is 18.2. The molecule has 8 rings (SSSR count). The summed E-state index contributed by atoms with van der Waals surface area (Å²) >= 11 is 0. The van der Waals surface area contributed by atoms with E-state index in [0.717, 1.165) is 22.8 Å². The smallest absolute Gasteiger partial charge is 0.457 e. The number of esters is 1. The number of benzene rings is 2. The quantitative estimate of drug-likeness (QED) is 0.0199. The summed E-state index contributed by atoms with van der Waals surface area (Å²) in [6.45, 7) is 5.16. The summed E-state index contributed by atoms with van der Waals surface area (Å²) in [6, 6.07) is 14.2. The molecule has 95 heavy (non-hydrogen) atoms. The fourth-order valence-electron chi connectivity index (χ4n) is 11.1. The van der Waals surface area contributed by atoms with Gasteiger partial charge < -0.3 is 44.6 Å². The molecule has 28 nitrogen and oxygen atoms in total. The van der Waals surface area contributed by atoms with Crippen LogP contribution in [0.5, 0.6) is 0 Å². The van der Waals surface area contributed by atoms with Crippen molar-refractivity contribution < 1.29 is 74.1 Å². The Hall–Kier alpha value is -9.15. The number of hydrogen-bond acceptors (Lipinski definition) is 22. The minimum Gasteiger partial charge on any atom is -0.457 e. The van der Waals surface area contributed by atoms with Crippen LogP contribution in [0.3, 0.4) is 0 Å². The molecule has 0 bridgehead atoms. The van der Waals surface area contributed by atoms with E-state index in [-0.39, 0.29) is 106 Å².